The molecule has 0 fully saturated rings. The molecule has 0 radical (unpaired) electrons. The summed E-state index contributed by atoms with van der Waals surface area (Å²) in [6, 6.07) is 0. The Bertz CT molecular complexity index is 611. The van der Waals surface area contributed by atoms with Crippen LogP contribution < -0.4 is 0 Å². The first-order chi connectivity index (χ1) is 30.7. The third kappa shape index (κ3) is 44.8. The first kappa shape index (κ1) is 69.2. The molecule has 0 aliphatic carbocycles. The number of rotatable bonds is 48. The molecule has 0 saturated heterocycles. The molecule has 0 spiro atoms. The fourth-order valence-corrected chi connectivity index (χ4v) is 22.6. The molecule has 63 heavy (non-hydrogen) atoms. The van der Waals surface area contributed by atoms with Crippen LogP contribution in [0.15, 0.2) is 0 Å². The molecule has 0 bridgehead atoms. The zero-order valence-corrected chi connectivity index (χ0v) is 52.4. The minimum absolute atomic E-state index is 0.691. The summed E-state index contributed by atoms with van der Waals surface area (Å²) in [5.74, 6) is 0. The van der Waals surface area contributed by atoms with E-state index in [0.717, 1.165) is 154 Å². The van der Waals surface area contributed by atoms with E-state index >= 15 is 0 Å². The third-order valence-corrected chi connectivity index (χ3v) is 28.4. The van der Waals surface area contributed by atoms with Crippen LogP contribution in [0.2, 0.25) is 0 Å². The predicted molar refractivity (Wildman–Crippen MR) is 268 cm³/mol. The molecule has 0 saturated carbocycles. The van der Waals surface area contributed by atoms with Gasteiger partial charge in [-0.05, 0) is 0 Å². The Labute approximate surface area is 410 Å². The summed E-state index contributed by atoms with van der Waals surface area (Å²) >= 11 is -11.4. The molecular weight excluding hydrogens is 1120 g/mol. The molecule has 0 N–H and O–H groups in total. The van der Waals surface area contributed by atoms with Crippen molar-refractivity contribution < 1.29 is 36.9 Å². The summed E-state index contributed by atoms with van der Waals surface area (Å²) in [6.07, 6.45) is 25.7. The van der Waals surface area contributed by atoms with Gasteiger partial charge in [-0.3, -0.25) is 0 Å². The SMILES string of the molecule is CCCC[O][Sn]([O]CCCC)([O]CCCC)[O]CCCC.CCCC[O][Sn]([O]CCCC)([O]CCCC)[O]CCCC.CCCC[O][Sn]([O]CCCC)([O]CCCC)[O]CCCC. The Morgan fingerprint density at radius 2 is 0.238 bits per heavy atom. The molecule has 15 heteroatoms. The summed E-state index contributed by atoms with van der Waals surface area (Å²) in [4.78, 5) is 0. The Balaban J connectivity index is -0.000000857. The van der Waals surface area contributed by atoms with Crippen LogP contribution in [0.3, 0.4) is 0 Å². The van der Waals surface area contributed by atoms with Crippen molar-refractivity contribution in [2.45, 2.75) is 237 Å². The van der Waals surface area contributed by atoms with Crippen molar-refractivity contribution in [3.8, 4) is 0 Å². The molecule has 0 aromatic carbocycles. The van der Waals surface area contributed by atoms with Crippen molar-refractivity contribution in [1.82, 2.24) is 0 Å². The van der Waals surface area contributed by atoms with E-state index in [1.807, 2.05) is 0 Å². The normalized spacial score (nSPS) is 12.0. The molecule has 0 aliphatic heterocycles. The second kappa shape index (κ2) is 54.9. The van der Waals surface area contributed by atoms with Gasteiger partial charge in [0.05, 0.1) is 0 Å². The Morgan fingerprint density at radius 3 is 0.302 bits per heavy atom. The molecule has 0 aromatic heterocycles. The van der Waals surface area contributed by atoms with Crippen molar-refractivity contribution in [2.75, 3.05) is 79.3 Å². The van der Waals surface area contributed by atoms with Gasteiger partial charge in [-0.15, -0.1) is 0 Å². The van der Waals surface area contributed by atoms with Crippen molar-refractivity contribution >= 4 is 60.1 Å². The molecule has 0 aromatic rings. The zero-order valence-electron chi connectivity index (χ0n) is 43.9. The van der Waals surface area contributed by atoms with Crippen molar-refractivity contribution in [3.05, 3.63) is 0 Å². The van der Waals surface area contributed by atoms with Gasteiger partial charge in [0.1, 0.15) is 0 Å². The first-order valence-electron chi connectivity index (χ1n) is 26.4. The summed E-state index contributed by atoms with van der Waals surface area (Å²) in [5.41, 5.74) is 0. The second-order valence-electron chi connectivity index (χ2n) is 15.9. The average molecular weight is 1230 g/mol. The van der Waals surface area contributed by atoms with Gasteiger partial charge >= 0.3 is 413 Å². The van der Waals surface area contributed by atoms with E-state index in [-0.39, 0.29) is 0 Å². The maximum atomic E-state index is 6.05. The van der Waals surface area contributed by atoms with Gasteiger partial charge in [0.15, 0.2) is 0 Å². The Hall–Kier alpha value is 1.92. The van der Waals surface area contributed by atoms with Gasteiger partial charge in [0, 0.05) is 0 Å². The topological polar surface area (TPSA) is 111 Å². The molecule has 0 amide bonds. The van der Waals surface area contributed by atoms with Gasteiger partial charge in [0.25, 0.3) is 0 Å². The monoisotopic (exact) mass is 1240 g/mol. The van der Waals surface area contributed by atoms with Crippen LogP contribution in [-0.2, 0) is 36.9 Å². The molecule has 384 valence electrons. The van der Waals surface area contributed by atoms with Crippen molar-refractivity contribution in [2.24, 2.45) is 0 Å². The van der Waals surface area contributed by atoms with E-state index in [9.17, 15) is 0 Å². The van der Waals surface area contributed by atoms with E-state index in [2.05, 4.69) is 83.1 Å². The van der Waals surface area contributed by atoms with E-state index in [1.165, 1.54) is 0 Å². The molecule has 0 unspecified atom stereocenters. The Morgan fingerprint density at radius 1 is 0.159 bits per heavy atom. The van der Waals surface area contributed by atoms with Crippen LogP contribution in [-0.4, -0.2) is 139 Å². The van der Waals surface area contributed by atoms with E-state index in [0.29, 0.717) is 79.3 Å². The molecular formula is C48H108O12Sn3. The fourth-order valence-electron chi connectivity index (χ4n) is 4.85. The van der Waals surface area contributed by atoms with Crippen molar-refractivity contribution in [1.29, 1.82) is 0 Å². The summed E-state index contributed by atoms with van der Waals surface area (Å²) in [6.45, 7) is 34.2. The fraction of sp³-hybridized carbons (Fsp3) is 1.00. The number of unbranched alkanes of at least 4 members (excludes halogenated alkanes) is 12. The molecule has 0 aliphatic rings. The van der Waals surface area contributed by atoms with E-state index < -0.39 is 60.1 Å². The van der Waals surface area contributed by atoms with Gasteiger partial charge in [-0.2, -0.15) is 0 Å². The minimum atomic E-state index is -3.79. The summed E-state index contributed by atoms with van der Waals surface area (Å²) < 4.78 is 72.6. The van der Waals surface area contributed by atoms with Crippen LogP contribution in [0.5, 0.6) is 0 Å². The van der Waals surface area contributed by atoms with Gasteiger partial charge in [-0.25, -0.2) is 0 Å². The second-order valence-corrected chi connectivity index (χ2v) is 34.4. The summed E-state index contributed by atoms with van der Waals surface area (Å²) in [5, 5.41) is 0. The van der Waals surface area contributed by atoms with Gasteiger partial charge in [-0.1, -0.05) is 0 Å². The molecule has 0 rings (SSSR count). The summed E-state index contributed by atoms with van der Waals surface area (Å²) in [7, 11) is 0. The first-order valence-corrected chi connectivity index (χ1v) is 40.4. The molecule has 0 atom stereocenters. The molecule has 12 nitrogen and oxygen atoms in total. The van der Waals surface area contributed by atoms with Crippen molar-refractivity contribution in [3.63, 3.8) is 0 Å². The zero-order chi connectivity index (χ0) is 47.4. The predicted octanol–water partition coefficient (Wildman–Crippen LogP) is 14.1. The average Bonchev–Trinajstić information content (AvgIpc) is 3.28. The number of hydrogen-bond acceptors (Lipinski definition) is 12. The van der Waals surface area contributed by atoms with E-state index in [1.54, 1.807) is 0 Å². The van der Waals surface area contributed by atoms with Crippen LogP contribution in [0, 0.1) is 0 Å². The van der Waals surface area contributed by atoms with Crippen LogP contribution >= 0.6 is 0 Å². The maximum absolute atomic E-state index is 6.05. The standard InChI is InChI=1S/12C4H9O.3Sn/c12*1-2-3-4-5;;;/h12*2-4H2,1H3;;;/q12*-1;3*+4. The van der Waals surface area contributed by atoms with E-state index in [4.69, 9.17) is 36.9 Å². The van der Waals surface area contributed by atoms with Gasteiger partial charge in [0.2, 0.25) is 0 Å². The molecule has 0 heterocycles. The Kier molecular flexibility index (Phi) is 60.2. The quantitative estimate of drug-likeness (QED) is 0.0427. The third-order valence-electron chi connectivity index (χ3n) is 9.32. The van der Waals surface area contributed by atoms with Crippen LogP contribution in [0.4, 0.5) is 0 Å². The van der Waals surface area contributed by atoms with Gasteiger partial charge < -0.3 is 0 Å². The number of hydrogen-bond donors (Lipinski definition) is 0. The van der Waals surface area contributed by atoms with Crippen LogP contribution in [0.1, 0.15) is 237 Å². The van der Waals surface area contributed by atoms with Crippen LogP contribution in [0.25, 0.3) is 0 Å².